The fourth-order valence-corrected chi connectivity index (χ4v) is 1.14. The normalized spacial score (nSPS) is 15.3. The lowest BCUT2D eigenvalue weighted by atomic mass is 10.1. The Morgan fingerprint density at radius 3 is 2.77 bits per heavy atom. The van der Waals surface area contributed by atoms with Gasteiger partial charge in [0.1, 0.15) is 6.10 Å². The van der Waals surface area contributed by atoms with Gasteiger partial charge >= 0.3 is 0 Å². The number of halogens is 1. The summed E-state index contributed by atoms with van der Waals surface area (Å²) in [6.07, 6.45) is 0.0208. The van der Waals surface area contributed by atoms with Crippen LogP contribution in [0.5, 0.6) is 0 Å². The largest absolute Gasteiger partial charge is 0.389 e. The number of carbonyl (C=O) groups excluding carboxylic acids is 1. The SMILES string of the molecule is O=Cc1cc(C(O)C(O)CCl)c[nH]1. The van der Waals surface area contributed by atoms with Gasteiger partial charge in [-0.05, 0) is 6.07 Å². The molecule has 2 atom stereocenters. The van der Waals surface area contributed by atoms with Crippen molar-refractivity contribution < 1.29 is 15.0 Å². The summed E-state index contributed by atoms with van der Waals surface area (Å²) in [5.74, 6) is -0.0528. The van der Waals surface area contributed by atoms with Gasteiger partial charge in [-0.2, -0.15) is 0 Å². The average molecular weight is 204 g/mol. The Morgan fingerprint density at radius 2 is 2.31 bits per heavy atom. The van der Waals surface area contributed by atoms with Crippen LogP contribution in [0.1, 0.15) is 22.2 Å². The Morgan fingerprint density at radius 1 is 1.62 bits per heavy atom. The van der Waals surface area contributed by atoms with E-state index in [0.717, 1.165) is 0 Å². The molecule has 0 aliphatic carbocycles. The van der Waals surface area contributed by atoms with Crippen molar-refractivity contribution in [2.75, 3.05) is 5.88 Å². The summed E-state index contributed by atoms with van der Waals surface area (Å²) in [6.45, 7) is 0. The molecule has 0 aromatic carbocycles. The van der Waals surface area contributed by atoms with E-state index in [1.54, 1.807) is 0 Å². The number of rotatable bonds is 4. The van der Waals surface area contributed by atoms with E-state index in [1.807, 2.05) is 0 Å². The highest BCUT2D eigenvalue weighted by atomic mass is 35.5. The number of hydrogen-bond acceptors (Lipinski definition) is 3. The van der Waals surface area contributed by atoms with Crippen molar-refractivity contribution in [1.82, 2.24) is 4.98 Å². The standard InChI is InChI=1S/C8H10ClNO3/c9-2-7(12)8(13)5-1-6(4-11)10-3-5/h1,3-4,7-8,10,12-13H,2H2. The van der Waals surface area contributed by atoms with E-state index in [4.69, 9.17) is 11.6 Å². The second-order valence-electron chi connectivity index (χ2n) is 2.67. The van der Waals surface area contributed by atoms with Gasteiger partial charge in [-0.25, -0.2) is 0 Å². The van der Waals surface area contributed by atoms with Crippen LogP contribution < -0.4 is 0 Å². The molecule has 0 saturated heterocycles. The summed E-state index contributed by atoms with van der Waals surface area (Å²) >= 11 is 5.35. The Kier molecular flexibility index (Phi) is 3.48. The topological polar surface area (TPSA) is 73.3 Å². The van der Waals surface area contributed by atoms with Gasteiger partial charge in [0.2, 0.25) is 0 Å². The monoisotopic (exact) mass is 203 g/mol. The van der Waals surface area contributed by atoms with E-state index in [0.29, 0.717) is 17.5 Å². The molecule has 0 aliphatic heterocycles. The van der Waals surface area contributed by atoms with E-state index in [1.165, 1.54) is 12.3 Å². The van der Waals surface area contributed by atoms with Crippen LogP contribution in [-0.2, 0) is 0 Å². The minimum Gasteiger partial charge on any atom is -0.389 e. The number of alkyl halides is 1. The highest BCUT2D eigenvalue weighted by Crippen LogP contribution is 2.17. The summed E-state index contributed by atoms with van der Waals surface area (Å²) in [5.41, 5.74) is 0.811. The molecule has 0 amide bonds. The first kappa shape index (κ1) is 10.2. The Labute approximate surface area is 80.2 Å². The van der Waals surface area contributed by atoms with Crippen molar-refractivity contribution >= 4 is 17.9 Å². The summed E-state index contributed by atoms with van der Waals surface area (Å²) < 4.78 is 0. The van der Waals surface area contributed by atoms with Crippen LogP contribution in [0.25, 0.3) is 0 Å². The van der Waals surface area contributed by atoms with E-state index < -0.39 is 12.2 Å². The van der Waals surface area contributed by atoms with Crippen LogP contribution in [0.15, 0.2) is 12.3 Å². The molecular weight excluding hydrogens is 194 g/mol. The number of H-pyrrole nitrogens is 1. The second-order valence-corrected chi connectivity index (χ2v) is 2.98. The maximum atomic E-state index is 10.3. The zero-order chi connectivity index (χ0) is 9.84. The average Bonchev–Trinajstić information content (AvgIpc) is 2.63. The minimum absolute atomic E-state index is 0.0528. The lowest BCUT2D eigenvalue weighted by Crippen LogP contribution is -2.19. The van der Waals surface area contributed by atoms with Gasteiger partial charge in [0.25, 0.3) is 0 Å². The molecule has 1 aromatic heterocycles. The molecule has 0 aliphatic rings. The number of aliphatic hydroxyl groups is 2. The van der Waals surface area contributed by atoms with Crippen LogP contribution in [0.3, 0.4) is 0 Å². The van der Waals surface area contributed by atoms with Crippen molar-refractivity contribution in [3.63, 3.8) is 0 Å². The van der Waals surface area contributed by atoms with Gasteiger partial charge in [0.15, 0.2) is 6.29 Å². The lowest BCUT2D eigenvalue weighted by Gasteiger charge is -2.13. The third kappa shape index (κ3) is 2.30. The van der Waals surface area contributed by atoms with Crippen LogP contribution in [-0.4, -0.2) is 33.5 Å². The lowest BCUT2D eigenvalue weighted by molar-refractivity contribution is 0.0328. The third-order valence-corrected chi connectivity index (χ3v) is 2.03. The molecule has 0 saturated carbocycles. The predicted molar refractivity (Wildman–Crippen MR) is 47.9 cm³/mol. The predicted octanol–water partition coefficient (Wildman–Crippen LogP) is 0.460. The van der Waals surface area contributed by atoms with Crippen molar-refractivity contribution in [3.05, 3.63) is 23.5 Å². The van der Waals surface area contributed by atoms with E-state index >= 15 is 0 Å². The second kappa shape index (κ2) is 4.41. The highest BCUT2D eigenvalue weighted by molar-refractivity contribution is 6.18. The molecule has 1 rings (SSSR count). The van der Waals surface area contributed by atoms with Crippen molar-refractivity contribution in [3.8, 4) is 0 Å². The maximum absolute atomic E-state index is 10.3. The molecule has 0 radical (unpaired) electrons. The molecule has 0 spiro atoms. The smallest absolute Gasteiger partial charge is 0.166 e. The number of aliphatic hydroxyl groups excluding tert-OH is 2. The first-order chi connectivity index (χ1) is 6.19. The van der Waals surface area contributed by atoms with Gasteiger partial charge < -0.3 is 15.2 Å². The van der Waals surface area contributed by atoms with Gasteiger partial charge in [-0.3, -0.25) is 4.79 Å². The van der Waals surface area contributed by atoms with E-state index in [-0.39, 0.29) is 5.88 Å². The molecule has 0 bridgehead atoms. The zero-order valence-electron chi connectivity index (χ0n) is 6.77. The van der Waals surface area contributed by atoms with Crippen molar-refractivity contribution in [1.29, 1.82) is 0 Å². The summed E-state index contributed by atoms with van der Waals surface area (Å²) in [6, 6.07) is 1.47. The molecule has 2 unspecified atom stereocenters. The zero-order valence-corrected chi connectivity index (χ0v) is 7.53. The molecule has 1 heterocycles. The molecule has 4 nitrogen and oxygen atoms in total. The molecule has 13 heavy (non-hydrogen) atoms. The molecule has 5 heteroatoms. The van der Waals surface area contributed by atoms with E-state index in [2.05, 4.69) is 4.98 Å². The number of carbonyl (C=O) groups is 1. The maximum Gasteiger partial charge on any atom is 0.166 e. The Bertz CT molecular complexity index is 287. The number of aromatic nitrogens is 1. The van der Waals surface area contributed by atoms with Crippen LogP contribution in [0, 0.1) is 0 Å². The Hall–Kier alpha value is -0.840. The fraction of sp³-hybridized carbons (Fsp3) is 0.375. The molecule has 0 fully saturated rings. The fourth-order valence-electron chi connectivity index (χ4n) is 0.975. The molecule has 3 N–H and O–H groups in total. The number of hydrogen-bond donors (Lipinski definition) is 3. The molecule has 1 aromatic rings. The van der Waals surface area contributed by atoms with Crippen LogP contribution in [0.2, 0.25) is 0 Å². The highest BCUT2D eigenvalue weighted by Gasteiger charge is 2.18. The first-order valence-electron chi connectivity index (χ1n) is 3.74. The van der Waals surface area contributed by atoms with Crippen molar-refractivity contribution in [2.24, 2.45) is 0 Å². The number of aldehydes is 1. The first-order valence-corrected chi connectivity index (χ1v) is 4.28. The minimum atomic E-state index is -1.05. The summed E-state index contributed by atoms with van der Waals surface area (Å²) in [7, 11) is 0. The van der Waals surface area contributed by atoms with Gasteiger partial charge in [-0.15, -0.1) is 11.6 Å². The molecule has 72 valence electrons. The summed E-state index contributed by atoms with van der Waals surface area (Å²) in [5, 5.41) is 18.6. The van der Waals surface area contributed by atoms with Gasteiger partial charge in [0, 0.05) is 11.8 Å². The summed E-state index contributed by atoms with van der Waals surface area (Å²) in [4.78, 5) is 12.9. The van der Waals surface area contributed by atoms with Crippen molar-refractivity contribution in [2.45, 2.75) is 12.2 Å². The van der Waals surface area contributed by atoms with Gasteiger partial charge in [0.05, 0.1) is 17.7 Å². The number of aromatic amines is 1. The quantitative estimate of drug-likeness (QED) is 0.492. The van der Waals surface area contributed by atoms with Gasteiger partial charge in [-0.1, -0.05) is 0 Å². The van der Waals surface area contributed by atoms with E-state index in [9.17, 15) is 15.0 Å². The third-order valence-electron chi connectivity index (χ3n) is 1.72. The van der Waals surface area contributed by atoms with Crippen LogP contribution in [0.4, 0.5) is 0 Å². The Balaban J connectivity index is 2.76. The molecular formula is C8H10ClNO3. The van der Waals surface area contributed by atoms with Crippen LogP contribution >= 0.6 is 11.6 Å². The number of nitrogens with one attached hydrogen (secondary N) is 1.